The van der Waals surface area contributed by atoms with Gasteiger partial charge in [0.25, 0.3) is 5.56 Å². The fraction of sp³-hybridized carbons (Fsp3) is 0.462. The molecule has 2 heterocycles. The van der Waals surface area contributed by atoms with E-state index in [0.717, 1.165) is 17.7 Å². The van der Waals surface area contributed by atoms with Gasteiger partial charge in [-0.25, -0.2) is 4.68 Å². The predicted octanol–water partition coefficient (Wildman–Crippen LogP) is 2.13. The Morgan fingerprint density at radius 3 is 2.74 bits per heavy atom. The van der Waals surface area contributed by atoms with Crippen LogP contribution in [0.25, 0.3) is 10.6 Å². The number of rotatable bonds is 2. The van der Waals surface area contributed by atoms with Gasteiger partial charge in [-0.2, -0.15) is 0 Å². The van der Waals surface area contributed by atoms with Crippen molar-refractivity contribution in [3.63, 3.8) is 0 Å². The zero-order chi connectivity index (χ0) is 13.2. The lowest BCUT2D eigenvalue weighted by Gasteiger charge is -2.21. The quantitative estimate of drug-likeness (QED) is 0.853. The molecule has 0 radical (unpaired) electrons. The number of nitrogens with zero attached hydrogens (tertiary/aromatic N) is 3. The minimum atomic E-state index is -0.252. The number of hydrogen-bond acceptors (Lipinski definition) is 5. The lowest BCUT2D eigenvalue weighted by Crippen LogP contribution is -2.35. The van der Waals surface area contributed by atoms with E-state index in [1.807, 2.05) is 17.5 Å². The minimum Gasteiger partial charge on any atom is -0.335 e. The van der Waals surface area contributed by atoms with Crippen LogP contribution in [-0.2, 0) is 0 Å². The zero-order valence-corrected chi connectivity index (χ0v) is 11.4. The Hall–Kier alpha value is -1.69. The predicted molar refractivity (Wildman–Crippen MR) is 75.6 cm³/mol. The van der Waals surface area contributed by atoms with Gasteiger partial charge in [-0.15, -0.1) is 21.5 Å². The fourth-order valence-electron chi connectivity index (χ4n) is 2.62. The maximum Gasteiger partial charge on any atom is 0.299 e. The Morgan fingerprint density at radius 2 is 2.05 bits per heavy atom. The van der Waals surface area contributed by atoms with E-state index >= 15 is 0 Å². The summed E-state index contributed by atoms with van der Waals surface area (Å²) in [5.41, 5.74) is 0.0927. The molecule has 2 aromatic rings. The van der Waals surface area contributed by atoms with Crippen molar-refractivity contribution in [3.8, 4) is 10.6 Å². The normalized spacial score (nSPS) is 16.6. The van der Waals surface area contributed by atoms with Crippen molar-refractivity contribution in [2.75, 3.05) is 5.84 Å². The van der Waals surface area contributed by atoms with Gasteiger partial charge in [0.15, 0.2) is 11.5 Å². The number of nitrogens with two attached hydrogens (primary N) is 1. The van der Waals surface area contributed by atoms with Crippen LogP contribution in [0, 0.1) is 0 Å². The van der Waals surface area contributed by atoms with Crippen LogP contribution < -0.4 is 11.4 Å². The molecule has 3 rings (SSSR count). The number of nitrogen functional groups attached to an aromatic ring is 1. The molecule has 2 aromatic heterocycles. The van der Waals surface area contributed by atoms with Crippen molar-refractivity contribution in [2.45, 2.75) is 38.0 Å². The molecule has 5 nitrogen and oxygen atoms in total. The molecular weight excluding hydrogens is 260 g/mol. The van der Waals surface area contributed by atoms with Gasteiger partial charge in [0.2, 0.25) is 0 Å². The molecule has 0 bridgehead atoms. The fourth-order valence-corrected chi connectivity index (χ4v) is 3.32. The highest BCUT2D eigenvalue weighted by Gasteiger charge is 2.22. The lowest BCUT2D eigenvalue weighted by molar-refractivity contribution is 0.414. The van der Waals surface area contributed by atoms with Crippen LogP contribution in [0.2, 0.25) is 0 Å². The molecule has 0 unspecified atom stereocenters. The van der Waals surface area contributed by atoms with Crippen LogP contribution >= 0.6 is 11.3 Å². The molecule has 0 aliphatic heterocycles. The van der Waals surface area contributed by atoms with Crippen molar-refractivity contribution in [1.29, 1.82) is 0 Å². The highest BCUT2D eigenvalue weighted by molar-refractivity contribution is 7.13. The van der Waals surface area contributed by atoms with Gasteiger partial charge in [0, 0.05) is 5.92 Å². The van der Waals surface area contributed by atoms with E-state index in [4.69, 9.17) is 5.84 Å². The van der Waals surface area contributed by atoms with Crippen LogP contribution in [0.4, 0.5) is 0 Å². The van der Waals surface area contributed by atoms with Gasteiger partial charge in [-0.3, -0.25) is 4.79 Å². The van der Waals surface area contributed by atoms with Crippen molar-refractivity contribution < 1.29 is 0 Å². The van der Waals surface area contributed by atoms with E-state index in [1.54, 1.807) is 0 Å². The smallest absolute Gasteiger partial charge is 0.299 e. The maximum atomic E-state index is 12.3. The third kappa shape index (κ3) is 2.28. The van der Waals surface area contributed by atoms with Crippen molar-refractivity contribution in [3.05, 3.63) is 33.7 Å². The molecule has 1 aliphatic carbocycles. The van der Waals surface area contributed by atoms with Crippen LogP contribution in [0.5, 0.6) is 0 Å². The maximum absolute atomic E-state index is 12.3. The second-order valence-corrected chi connectivity index (χ2v) is 5.84. The summed E-state index contributed by atoms with van der Waals surface area (Å²) in [5, 5.41) is 10.2. The molecule has 0 spiro atoms. The van der Waals surface area contributed by atoms with Crippen LogP contribution in [0.15, 0.2) is 22.3 Å². The van der Waals surface area contributed by atoms with Gasteiger partial charge in [0.05, 0.1) is 4.88 Å². The van der Waals surface area contributed by atoms with Gasteiger partial charge < -0.3 is 5.84 Å². The second-order valence-electron chi connectivity index (χ2n) is 4.89. The summed E-state index contributed by atoms with van der Waals surface area (Å²) >= 11 is 1.47. The molecule has 1 fully saturated rings. The van der Waals surface area contributed by atoms with Gasteiger partial charge >= 0.3 is 0 Å². The standard InChI is InChI=1S/C13H16N4OS/c14-17-12(9-5-2-1-3-6-9)16-15-11(13(17)18)10-7-4-8-19-10/h4,7-9H,1-3,5-6,14H2. The summed E-state index contributed by atoms with van der Waals surface area (Å²) in [7, 11) is 0. The second kappa shape index (κ2) is 5.13. The Morgan fingerprint density at radius 1 is 1.26 bits per heavy atom. The third-order valence-electron chi connectivity index (χ3n) is 3.65. The van der Waals surface area contributed by atoms with Crippen molar-refractivity contribution >= 4 is 11.3 Å². The molecular formula is C13H16N4OS. The van der Waals surface area contributed by atoms with E-state index < -0.39 is 0 Å². The highest BCUT2D eigenvalue weighted by Crippen LogP contribution is 2.30. The first kappa shape index (κ1) is 12.3. The molecule has 100 valence electrons. The molecule has 2 N–H and O–H groups in total. The zero-order valence-electron chi connectivity index (χ0n) is 10.6. The molecule has 19 heavy (non-hydrogen) atoms. The first-order valence-electron chi connectivity index (χ1n) is 6.56. The van der Waals surface area contributed by atoms with Crippen molar-refractivity contribution in [1.82, 2.24) is 14.9 Å². The third-order valence-corrected chi connectivity index (χ3v) is 4.52. The topological polar surface area (TPSA) is 73.8 Å². The largest absolute Gasteiger partial charge is 0.335 e. The summed E-state index contributed by atoms with van der Waals surface area (Å²) < 4.78 is 1.19. The average Bonchev–Trinajstić information content (AvgIpc) is 2.97. The van der Waals surface area contributed by atoms with E-state index in [0.29, 0.717) is 11.5 Å². The summed E-state index contributed by atoms with van der Waals surface area (Å²) in [4.78, 5) is 13.1. The van der Waals surface area contributed by atoms with Crippen LogP contribution in [0.1, 0.15) is 43.8 Å². The summed E-state index contributed by atoms with van der Waals surface area (Å²) in [6.45, 7) is 0. The van der Waals surface area contributed by atoms with E-state index in [2.05, 4.69) is 10.2 Å². The summed E-state index contributed by atoms with van der Waals surface area (Å²) in [6.07, 6.45) is 5.69. The van der Waals surface area contributed by atoms with E-state index in [-0.39, 0.29) is 11.5 Å². The lowest BCUT2D eigenvalue weighted by atomic mass is 9.89. The average molecular weight is 276 g/mol. The van der Waals surface area contributed by atoms with E-state index in [9.17, 15) is 4.79 Å². The van der Waals surface area contributed by atoms with Crippen LogP contribution in [0.3, 0.4) is 0 Å². The number of thiophene rings is 1. The highest BCUT2D eigenvalue weighted by atomic mass is 32.1. The monoisotopic (exact) mass is 276 g/mol. The first-order valence-corrected chi connectivity index (χ1v) is 7.44. The molecule has 0 amide bonds. The first-order chi connectivity index (χ1) is 9.27. The summed E-state index contributed by atoms with van der Waals surface area (Å²) in [6, 6.07) is 3.74. The number of aromatic nitrogens is 3. The van der Waals surface area contributed by atoms with Gasteiger partial charge in [-0.1, -0.05) is 25.3 Å². The van der Waals surface area contributed by atoms with Gasteiger partial charge in [0.1, 0.15) is 0 Å². The Kier molecular flexibility index (Phi) is 3.33. The molecule has 0 aromatic carbocycles. The molecule has 1 aliphatic rings. The SMILES string of the molecule is Nn1c(C2CCCCC2)nnc(-c2cccs2)c1=O. The molecule has 0 saturated heterocycles. The summed E-state index contributed by atoms with van der Waals surface area (Å²) in [5.74, 6) is 6.83. The van der Waals surface area contributed by atoms with Crippen molar-refractivity contribution in [2.24, 2.45) is 0 Å². The molecule has 0 atom stereocenters. The number of hydrogen-bond donors (Lipinski definition) is 1. The Balaban J connectivity index is 2.01. The Bertz CT molecular complexity index is 614. The molecule has 1 saturated carbocycles. The van der Waals surface area contributed by atoms with Crippen LogP contribution in [-0.4, -0.2) is 14.9 Å². The van der Waals surface area contributed by atoms with E-state index in [1.165, 1.54) is 35.3 Å². The molecule has 6 heteroatoms. The Labute approximate surface area is 115 Å². The minimum absolute atomic E-state index is 0.252. The van der Waals surface area contributed by atoms with Gasteiger partial charge in [-0.05, 0) is 24.3 Å².